The van der Waals surface area contributed by atoms with Crippen LogP contribution in [0.15, 0.2) is 52.0 Å². The van der Waals surface area contributed by atoms with Gasteiger partial charge in [-0.3, -0.25) is 9.59 Å². The van der Waals surface area contributed by atoms with Gasteiger partial charge in [-0.25, -0.2) is 5.43 Å². The number of carbonyl (C=O) groups is 2. The minimum absolute atomic E-state index is 0.117. The van der Waals surface area contributed by atoms with Crippen LogP contribution in [0.3, 0.4) is 0 Å². The SMILES string of the molecule is C#CCOc1ccc(Br)cc1C=NNC(=O)C(C)NC(=O)Cc1ccc(OC)cc1. The third-order valence-corrected chi connectivity index (χ3v) is 4.45. The van der Waals surface area contributed by atoms with E-state index in [9.17, 15) is 9.59 Å². The summed E-state index contributed by atoms with van der Waals surface area (Å²) in [4.78, 5) is 24.4. The molecule has 2 N–H and O–H groups in total. The predicted molar refractivity (Wildman–Crippen MR) is 119 cm³/mol. The molecule has 7 nitrogen and oxygen atoms in total. The third kappa shape index (κ3) is 7.26. The van der Waals surface area contributed by atoms with Crippen LogP contribution in [0.2, 0.25) is 0 Å². The molecule has 2 amide bonds. The van der Waals surface area contributed by atoms with Crippen LogP contribution in [0.1, 0.15) is 18.1 Å². The fraction of sp³-hybridized carbons (Fsp3) is 0.227. The van der Waals surface area contributed by atoms with Crippen molar-refractivity contribution >= 4 is 34.0 Å². The molecule has 0 aliphatic heterocycles. The van der Waals surface area contributed by atoms with Crippen LogP contribution in [-0.2, 0) is 16.0 Å². The Balaban J connectivity index is 1.88. The van der Waals surface area contributed by atoms with Gasteiger partial charge in [0.25, 0.3) is 5.91 Å². The number of methoxy groups -OCH3 is 1. The molecule has 0 aliphatic rings. The highest BCUT2D eigenvalue weighted by Crippen LogP contribution is 2.21. The average Bonchev–Trinajstić information content (AvgIpc) is 2.73. The molecule has 30 heavy (non-hydrogen) atoms. The van der Waals surface area contributed by atoms with Gasteiger partial charge in [0.1, 0.15) is 24.1 Å². The highest BCUT2D eigenvalue weighted by molar-refractivity contribution is 9.10. The molecule has 0 heterocycles. The number of nitrogens with one attached hydrogen (secondary N) is 2. The standard InChI is InChI=1S/C22H22BrN3O4/c1-4-11-30-20-10-7-18(23)13-17(20)14-24-26-22(28)15(2)25-21(27)12-16-5-8-19(29-3)9-6-16/h1,5-10,13-15H,11-12H2,2-3H3,(H,25,27)(H,26,28). The Morgan fingerprint density at radius 3 is 2.67 bits per heavy atom. The largest absolute Gasteiger partial charge is 0.497 e. The summed E-state index contributed by atoms with van der Waals surface area (Å²) in [5, 5.41) is 6.58. The zero-order valence-electron chi connectivity index (χ0n) is 16.6. The zero-order chi connectivity index (χ0) is 21.9. The van der Waals surface area contributed by atoms with E-state index in [0.29, 0.717) is 17.1 Å². The van der Waals surface area contributed by atoms with Crippen molar-refractivity contribution in [3.63, 3.8) is 0 Å². The molecule has 2 aromatic carbocycles. The number of ether oxygens (including phenoxy) is 2. The number of hydrogen-bond acceptors (Lipinski definition) is 5. The number of rotatable bonds is 9. The molecule has 2 aromatic rings. The molecule has 0 saturated carbocycles. The van der Waals surface area contributed by atoms with Crippen molar-refractivity contribution in [2.45, 2.75) is 19.4 Å². The molecule has 156 valence electrons. The summed E-state index contributed by atoms with van der Waals surface area (Å²) in [6.07, 6.45) is 6.81. The van der Waals surface area contributed by atoms with Gasteiger partial charge in [0.05, 0.1) is 19.7 Å². The minimum Gasteiger partial charge on any atom is -0.497 e. The molecule has 0 saturated heterocycles. The smallest absolute Gasteiger partial charge is 0.262 e. The average molecular weight is 472 g/mol. The van der Waals surface area contributed by atoms with E-state index in [2.05, 4.69) is 37.7 Å². The van der Waals surface area contributed by atoms with Crippen molar-refractivity contribution in [3.05, 3.63) is 58.1 Å². The van der Waals surface area contributed by atoms with Crippen LogP contribution in [0, 0.1) is 12.3 Å². The molecule has 0 aromatic heterocycles. The van der Waals surface area contributed by atoms with Crippen molar-refractivity contribution in [2.24, 2.45) is 5.10 Å². The lowest BCUT2D eigenvalue weighted by Crippen LogP contribution is -2.43. The maximum Gasteiger partial charge on any atom is 0.262 e. The fourth-order valence-electron chi connectivity index (χ4n) is 2.42. The number of hydrogen-bond donors (Lipinski definition) is 2. The van der Waals surface area contributed by atoms with E-state index in [1.807, 2.05) is 6.07 Å². The first-order valence-electron chi connectivity index (χ1n) is 9.04. The van der Waals surface area contributed by atoms with Gasteiger partial charge in [0.15, 0.2) is 0 Å². The summed E-state index contributed by atoms with van der Waals surface area (Å²) in [6.45, 7) is 1.70. The monoisotopic (exact) mass is 471 g/mol. The Kier molecular flexibility index (Phi) is 8.91. The number of amides is 2. The second-order valence-corrected chi connectivity index (χ2v) is 7.14. The minimum atomic E-state index is -0.757. The lowest BCUT2D eigenvalue weighted by Gasteiger charge is -2.12. The van der Waals surface area contributed by atoms with E-state index in [0.717, 1.165) is 10.0 Å². The van der Waals surface area contributed by atoms with Gasteiger partial charge < -0.3 is 14.8 Å². The Morgan fingerprint density at radius 1 is 1.27 bits per heavy atom. The summed E-state index contributed by atoms with van der Waals surface area (Å²) in [7, 11) is 1.58. The highest BCUT2D eigenvalue weighted by atomic mass is 79.9. The zero-order valence-corrected chi connectivity index (χ0v) is 18.2. The van der Waals surface area contributed by atoms with Crippen molar-refractivity contribution in [1.82, 2.24) is 10.7 Å². The van der Waals surface area contributed by atoms with Crippen molar-refractivity contribution < 1.29 is 19.1 Å². The quantitative estimate of drug-likeness (QED) is 0.334. The van der Waals surface area contributed by atoms with Crippen LogP contribution in [-0.4, -0.2) is 37.8 Å². The van der Waals surface area contributed by atoms with Gasteiger partial charge in [0, 0.05) is 10.0 Å². The molecule has 1 unspecified atom stereocenters. The van der Waals surface area contributed by atoms with Gasteiger partial charge in [-0.05, 0) is 42.8 Å². The summed E-state index contributed by atoms with van der Waals surface area (Å²) in [6, 6.07) is 11.7. The Morgan fingerprint density at radius 2 is 2.00 bits per heavy atom. The summed E-state index contributed by atoms with van der Waals surface area (Å²) < 4.78 is 11.4. The second kappa shape index (κ2) is 11.6. The van der Waals surface area contributed by atoms with Crippen LogP contribution in [0.5, 0.6) is 11.5 Å². The first kappa shape index (κ1) is 23.0. The Labute approximate surface area is 184 Å². The molecule has 0 fully saturated rings. The van der Waals surface area contributed by atoms with E-state index in [4.69, 9.17) is 15.9 Å². The number of carbonyl (C=O) groups excluding carboxylic acids is 2. The maximum absolute atomic E-state index is 12.2. The lowest BCUT2D eigenvalue weighted by molar-refractivity contribution is -0.128. The molecule has 0 bridgehead atoms. The molecule has 1 atom stereocenters. The number of halogens is 1. The number of nitrogens with zero attached hydrogens (tertiary/aromatic N) is 1. The highest BCUT2D eigenvalue weighted by Gasteiger charge is 2.15. The molecular weight excluding hydrogens is 450 g/mol. The second-order valence-electron chi connectivity index (χ2n) is 6.22. The summed E-state index contributed by atoms with van der Waals surface area (Å²) in [5.41, 5.74) is 3.85. The van der Waals surface area contributed by atoms with E-state index in [-0.39, 0.29) is 18.9 Å². The number of terminal acetylenes is 1. The van der Waals surface area contributed by atoms with Crippen molar-refractivity contribution in [2.75, 3.05) is 13.7 Å². The summed E-state index contributed by atoms with van der Waals surface area (Å²) in [5.74, 6) is 2.92. The van der Waals surface area contributed by atoms with Gasteiger partial charge in [-0.15, -0.1) is 6.42 Å². The number of hydrazone groups is 1. The van der Waals surface area contributed by atoms with Crippen LogP contribution in [0.25, 0.3) is 0 Å². The van der Waals surface area contributed by atoms with E-state index in [1.165, 1.54) is 6.21 Å². The Bertz CT molecular complexity index is 952. The predicted octanol–water partition coefficient (Wildman–Crippen LogP) is 2.67. The molecule has 0 aliphatic carbocycles. The maximum atomic E-state index is 12.2. The summed E-state index contributed by atoms with van der Waals surface area (Å²) >= 11 is 3.37. The Hall–Kier alpha value is -3.31. The van der Waals surface area contributed by atoms with Gasteiger partial charge in [0.2, 0.25) is 5.91 Å². The normalized spacial score (nSPS) is 11.4. The molecule has 0 radical (unpaired) electrons. The molecular formula is C22H22BrN3O4. The van der Waals surface area contributed by atoms with Crippen LogP contribution >= 0.6 is 15.9 Å². The van der Waals surface area contributed by atoms with E-state index >= 15 is 0 Å². The van der Waals surface area contributed by atoms with Gasteiger partial charge in [-0.1, -0.05) is 34.0 Å². The van der Waals surface area contributed by atoms with Gasteiger partial charge in [-0.2, -0.15) is 5.10 Å². The van der Waals surface area contributed by atoms with E-state index < -0.39 is 11.9 Å². The van der Waals surface area contributed by atoms with Crippen molar-refractivity contribution in [3.8, 4) is 23.8 Å². The lowest BCUT2D eigenvalue weighted by atomic mass is 10.1. The van der Waals surface area contributed by atoms with Crippen molar-refractivity contribution in [1.29, 1.82) is 0 Å². The fourth-order valence-corrected chi connectivity index (χ4v) is 2.80. The first-order chi connectivity index (χ1) is 14.4. The van der Waals surface area contributed by atoms with Crippen LogP contribution < -0.4 is 20.2 Å². The third-order valence-electron chi connectivity index (χ3n) is 3.96. The molecule has 2 rings (SSSR count). The first-order valence-corrected chi connectivity index (χ1v) is 9.83. The topological polar surface area (TPSA) is 89.0 Å². The number of benzene rings is 2. The molecule has 0 spiro atoms. The van der Waals surface area contributed by atoms with Gasteiger partial charge >= 0.3 is 0 Å². The molecule has 8 heteroatoms. The van der Waals surface area contributed by atoms with E-state index in [1.54, 1.807) is 50.4 Å². The van der Waals surface area contributed by atoms with Crippen LogP contribution in [0.4, 0.5) is 0 Å².